The molecule has 1 spiro atoms. The Hall–Kier alpha value is -1.80. The van der Waals surface area contributed by atoms with Gasteiger partial charge in [0.2, 0.25) is 5.91 Å². The summed E-state index contributed by atoms with van der Waals surface area (Å²) in [6.07, 6.45) is 0.886. The molecule has 0 aromatic heterocycles. The topological polar surface area (TPSA) is 29.1 Å². The second-order valence-corrected chi connectivity index (χ2v) is 5.72. The van der Waals surface area contributed by atoms with Gasteiger partial charge in [0.25, 0.3) is 0 Å². The van der Waals surface area contributed by atoms with Crippen LogP contribution in [-0.2, 0) is 10.2 Å². The molecule has 2 aromatic rings. The van der Waals surface area contributed by atoms with Gasteiger partial charge in [-0.25, -0.2) is 0 Å². The summed E-state index contributed by atoms with van der Waals surface area (Å²) in [5, 5.41) is 3.73. The van der Waals surface area contributed by atoms with E-state index in [1.165, 1.54) is 5.56 Å². The molecule has 2 aliphatic rings. The van der Waals surface area contributed by atoms with Crippen LogP contribution in [0.25, 0.3) is 0 Å². The van der Waals surface area contributed by atoms with Gasteiger partial charge in [-0.3, -0.25) is 4.79 Å². The third kappa shape index (κ3) is 1.41. The Morgan fingerprint density at radius 2 is 1.84 bits per heavy atom. The first kappa shape index (κ1) is 11.1. The first-order valence-corrected chi connectivity index (χ1v) is 6.76. The van der Waals surface area contributed by atoms with Gasteiger partial charge in [0.15, 0.2) is 0 Å². The molecule has 94 valence electrons. The highest BCUT2D eigenvalue weighted by Crippen LogP contribution is 2.64. The minimum atomic E-state index is -0.343. The average Bonchev–Trinajstić information content (AvgIpc) is 3.10. The quantitative estimate of drug-likeness (QED) is 0.840. The van der Waals surface area contributed by atoms with Crippen LogP contribution in [0.4, 0.5) is 5.69 Å². The number of para-hydroxylation sites is 1. The fraction of sp³-hybridized carbons (Fsp3) is 0.188. The van der Waals surface area contributed by atoms with Crippen molar-refractivity contribution < 1.29 is 4.79 Å². The minimum absolute atomic E-state index is 0.133. The number of hydrogen-bond acceptors (Lipinski definition) is 1. The molecule has 2 aromatic carbocycles. The lowest BCUT2D eigenvalue weighted by Gasteiger charge is -2.08. The lowest BCUT2D eigenvalue weighted by atomic mass is 9.92. The summed E-state index contributed by atoms with van der Waals surface area (Å²) >= 11 is 5.92. The molecule has 1 aliphatic heterocycles. The number of carbonyl (C=O) groups excluding carboxylic acids is 1. The molecular formula is C16H12ClNO. The fourth-order valence-corrected chi connectivity index (χ4v) is 3.37. The molecule has 19 heavy (non-hydrogen) atoms. The summed E-state index contributed by atoms with van der Waals surface area (Å²) in [4.78, 5) is 12.3. The minimum Gasteiger partial charge on any atom is -0.325 e. The van der Waals surface area contributed by atoms with Crippen molar-refractivity contribution in [3.8, 4) is 0 Å². The van der Waals surface area contributed by atoms with Gasteiger partial charge < -0.3 is 5.32 Å². The zero-order valence-corrected chi connectivity index (χ0v) is 10.9. The van der Waals surface area contributed by atoms with E-state index in [1.54, 1.807) is 0 Å². The number of nitrogens with one attached hydrogen (secondary N) is 1. The molecule has 1 fully saturated rings. The third-order valence-corrected chi connectivity index (χ3v) is 4.55. The number of anilines is 1. The van der Waals surface area contributed by atoms with E-state index in [-0.39, 0.29) is 17.2 Å². The molecule has 2 nitrogen and oxygen atoms in total. The van der Waals surface area contributed by atoms with E-state index in [2.05, 4.69) is 11.4 Å². The molecule has 0 radical (unpaired) electrons. The maximum absolute atomic E-state index is 12.3. The van der Waals surface area contributed by atoms with Crippen LogP contribution >= 0.6 is 11.6 Å². The normalized spacial score (nSPS) is 27.2. The molecule has 3 heteroatoms. The van der Waals surface area contributed by atoms with Crippen LogP contribution in [0.5, 0.6) is 0 Å². The van der Waals surface area contributed by atoms with Gasteiger partial charge in [-0.2, -0.15) is 0 Å². The van der Waals surface area contributed by atoms with Crippen LogP contribution in [-0.4, -0.2) is 5.91 Å². The number of hydrogen-bond donors (Lipinski definition) is 1. The van der Waals surface area contributed by atoms with Crippen LogP contribution in [0.2, 0.25) is 5.02 Å². The second-order valence-electron chi connectivity index (χ2n) is 5.28. The predicted octanol–water partition coefficient (Wildman–Crippen LogP) is 3.72. The van der Waals surface area contributed by atoms with E-state index >= 15 is 0 Å². The molecule has 4 rings (SSSR count). The summed E-state index contributed by atoms with van der Waals surface area (Å²) in [5.41, 5.74) is 2.95. The molecule has 1 heterocycles. The van der Waals surface area contributed by atoms with E-state index in [0.29, 0.717) is 0 Å². The zero-order chi connectivity index (χ0) is 13.0. The Bertz CT molecular complexity index is 679. The second kappa shape index (κ2) is 3.61. The van der Waals surface area contributed by atoms with Crippen molar-refractivity contribution in [1.29, 1.82) is 0 Å². The number of halogens is 1. The SMILES string of the molecule is O=C1Nc2ccccc2C12CC2c1ccc(Cl)cc1. The molecule has 0 saturated heterocycles. The maximum atomic E-state index is 12.3. The Kier molecular flexibility index (Phi) is 2.10. The van der Waals surface area contributed by atoms with E-state index < -0.39 is 0 Å². The highest BCUT2D eigenvalue weighted by molar-refractivity contribution is 6.30. The van der Waals surface area contributed by atoms with E-state index in [9.17, 15) is 4.79 Å². The van der Waals surface area contributed by atoms with Crippen molar-refractivity contribution in [2.24, 2.45) is 0 Å². The van der Waals surface area contributed by atoms with Gasteiger partial charge in [-0.1, -0.05) is 41.9 Å². The molecule has 1 aliphatic carbocycles. The third-order valence-electron chi connectivity index (χ3n) is 4.29. The average molecular weight is 270 g/mol. The van der Waals surface area contributed by atoms with Crippen LogP contribution < -0.4 is 5.32 Å². The molecule has 1 amide bonds. The van der Waals surface area contributed by atoms with Crippen molar-refractivity contribution in [2.45, 2.75) is 17.8 Å². The largest absolute Gasteiger partial charge is 0.325 e. The number of carbonyl (C=O) groups is 1. The van der Waals surface area contributed by atoms with E-state index in [0.717, 1.165) is 22.7 Å². The van der Waals surface area contributed by atoms with Gasteiger partial charge in [0, 0.05) is 16.6 Å². The summed E-state index contributed by atoms with van der Waals surface area (Å²) in [7, 11) is 0. The number of fused-ring (bicyclic) bond motifs is 2. The number of rotatable bonds is 1. The summed E-state index contributed by atoms with van der Waals surface area (Å²) < 4.78 is 0. The number of benzene rings is 2. The smallest absolute Gasteiger partial charge is 0.235 e. The Balaban J connectivity index is 1.78. The fourth-order valence-electron chi connectivity index (χ4n) is 3.25. The van der Waals surface area contributed by atoms with Crippen LogP contribution in [0.3, 0.4) is 0 Å². The zero-order valence-electron chi connectivity index (χ0n) is 10.2. The highest BCUT2D eigenvalue weighted by atomic mass is 35.5. The van der Waals surface area contributed by atoms with Gasteiger partial charge in [0.1, 0.15) is 0 Å². The lowest BCUT2D eigenvalue weighted by Crippen LogP contribution is -2.20. The Labute approximate surface area is 116 Å². The van der Waals surface area contributed by atoms with Crippen molar-refractivity contribution >= 4 is 23.2 Å². The maximum Gasteiger partial charge on any atom is 0.235 e. The van der Waals surface area contributed by atoms with E-state index in [1.807, 2.05) is 42.5 Å². The molecule has 0 bridgehead atoms. The first-order chi connectivity index (χ1) is 9.22. The molecule has 2 atom stereocenters. The monoisotopic (exact) mass is 269 g/mol. The summed E-state index contributed by atoms with van der Waals surface area (Å²) in [6.45, 7) is 0. The van der Waals surface area contributed by atoms with Gasteiger partial charge >= 0.3 is 0 Å². The van der Waals surface area contributed by atoms with Gasteiger partial charge in [-0.15, -0.1) is 0 Å². The molecule has 1 saturated carbocycles. The standard InChI is InChI=1S/C16H12ClNO/c17-11-7-5-10(6-8-11)13-9-16(13)12-3-1-2-4-14(12)18-15(16)19/h1-8,13H,9H2,(H,18,19). The highest BCUT2D eigenvalue weighted by Gasteiger charge is 2.64. The van der Waals surface area contributed by atoms with E-state index in [4.69, 9.17) is 11.6 Å². The van der Waals surface area contributed by atoms with Crippen molar-refractivity contribution in [3.05, 3.63) is 64.7 Å². The van der Waals surface area contributed by atoms with Crippen molar-refractivity contribution in [3.63, 3.8) is 0 Å². The Morgan fingerprint density at radius 1 is 1.11 bits per heavy atom. The lowest BCUT2D eigenvalue weighted by molar-refractivity contribution is -0.118. The van der Waals surface area contributed by atoms with Crippen LogP contribution in [0, 0.1) is 0 Å². The van der Waals surface area contributed by atoms with Gasteiger partial charge in [-0.05, 0) is 35.7 Å². The predicted molar refractivity (Wildman–Crippen MR) is 75.6 cm³/mol. The first-order valence-electron chi connectivity index (χ1n) is 6.38. The van der Waals surface area contributed by atoms with Crippen LogP contribution in [0.1, 0.15) is 23.5 Å². The molecule has 1 N–H and O–H groups in total. The van der Waals surface area contributed by atoms with Crippen LogP contribution in [0.15, 0.2) is 48.5 Å². The van der Waals surface area contributed by atoms with Crippen molar-refractivity contribution in [1.82, 2.24) is 0 Å². The number of amides is 1. The van der Waals surface area contributed by atoms with Crippen molar-refractivity contribution in [2.75, 3.05) is 5.32 Å². The Morgan fingerprint density at radius 3 is 2.63 bits per heavy atom. The van der Waals surface area contributed by atoms with Gasteiger partial charge in [0.05, 0.1) is 5.41 Å². The summed E-state index contributed by atoms with van der Waals surface area (Å²) in [6, 6.07) is 15.8. The summed E-state index contributed by atoms with van der Waals surface area (Å²) in [5.74, 6) is 0.405. The molecular weight excluding hydrogens is 258 g/mol. The molecule has 2 unspecified atom stereocenters.